The van der Waals surface area contributed by atoms with Crippen LogP contribution < -0.4 is 5.46 Å². The molecule has 1 aromatic heterocycles. The van der Waals surface area contributed by atoms with E-state index in [1.54, 1.807) is 6.20 Å². The molecule has 0 spiro atoms. The minimum atomic E-state index is -0.102. The van der Waals surface area contributed by atoms with E-state index < -0.39 is 0 Å². The summed E-state index contributed by atoms with van der Waals surface area (Å²) in [5, 5.41) is 0.499. The molecule has 0 N–H and O–H groups in total. The van der Waals surface area contributed by atoms with Gasteiger partial charge in [-0.15, -0.1) is 0 Å². The van der Waals surface area contributed by atoms with Crippen molar-refractivity contribution in [3.63, 3.8) is 0 Å². The lowest BCUT2D eigenvalue weighted by Crippen LogP contribution is -2.32. The second-order valence-corrected chi connectivity index (χ2v) is 3.18. The summed E-state index contributed by atoms with van der Waals surface area (Å²) in [5.41, 5.74) is 0.757. The van der Waals surface area contributed by atoms with E-state index in [1.165, 1.54) is 0 Å². The van der Waals surface area contributed by atoms with Gasteiger partial charge in [-0.2, -0.15) is 0 Å². The van der Waals surface area contributed by atoms with Crippen molar-refractivity contribution in [2.45, 2.75) is 13.7 Å². The van der Waals surface area contributed by atoms with Crippen LogP contribution in [-0.4, -0.2) is 23.5 Å². The van der Waals surface area contributed by atoms with Crippen LogP contribution >= 0.6 is 23.2 Å². The molecule has 0 aromatic carbocycles. The van der Waals surface area contributed by atoms with E-state index >= 15 is 0 Å². The Morgan fingerprint density at radius 3 is 2.77 bits per heavy atom. The number of hydrogen-bond donors (Lipinski definition) is 0. The van der Waals surface area contributed by atoms with Crippen molar-refractivity contribution < 1.29 is 4.65 Å². The SMILES string of the molecule is CCOB(C)c1cnc(Cl)nc1Cl. The lowest BCUT2D eigenvalue weighted by molar-refractivity contribution is 0.354. The van der Waals surface area contributed by atoms with Crippen LogP contribution in [0.3, 0.4) is 0 Å². The lowest BCUT2D eigenvalue weighted by atomic mass is 9.65. The molecule has 0 saturated carbocycles. The fourth-order valence-corrected chi connectivity index (χ4v) is 1.42. The molecule has 6 heteroatoms. The van der Waals surface area contributed by atoms with Gasteiger partial charge in [0.1, 0.15) is 5.15 Å². The fraction of sp³-hybridized carbons (Fsp3) is 0.429. The summed E-state index contributed by atoms with van der Waals surface area (Å²) in [4.78, 5) is 7.65. The highest BCUT2D eigenvalue weighted by Crippen LogP contribution is 2.06. The van der Waals surface area contributed by atoms with Crippen molar-refractivity contribution in [1.29, 1.82) is 0 Å². The third kappa shape index (κ3) is 2.83. The molecule has 70 valence electrons. The average Bonchev–Trinajstić information content (AvgIpc) is 2.04. The summed E-state index contributed by atoms with van der Waals surface area (Å²) in [6.07, 6.45) is 1.58. The van der Waals surface area contributed by atoms with Crippen LogP contribution in [0.4, 0.5) is 0 Å². The summed E-state index contributed by atoms with van der Waals surface area (Å²) in [6.45, 7) is 4.33. The maximum absolute atomic E-state index is 5.84. The van der Waals surface area contributed by atoms with E-state index in [-0.39, 0.29) is 12.2 Å². The van der Waals surface area contributed by atoms with Crippen molar-refractivity contribution in [3.8, 4) is 0 Å². The molecule has 3 nitrogen and oxygen atoms in total. The molecule has 0 aliphatic heterocycles. The van der Waals surface area contributed by atoms with Gasteiger partial charge >= 0.3 is 6.92 Å². The van der Waals surface area contributed by atoms with E-state index in [2.05, 4.69) is 9.97 Å². The largest absolute Gasteiger partial charge is 0.431 e. The molecule has 0 aliphatic rings. The summed E-state index contributed by atoms with van der Waals surface area (Å²) >= 11 is 11.4. The minimum absolute atomic E-state index is 0.102. The molecule has 0 fully saturated rings. The van der Waals surface area contributed by atoms with Crippen molar-refractivity contribution in [2.75, 3.05) is 6.61 Å². The topological polar surface area (TPSA) is 35.0 Å². The first-order chi connectivity index (χ1) is 6.15. The van der Waals surface area contributed by atoms with E-state index in [9.17, 15) is 0 Å². The first-order valence-corrected chi connectivity index (χ1v) is 4.70. The first-order valence-electron chi connectivity index (χ1n) is 3.94. The van der Waals surface area contributed by atoms with Crippen molar-refractivity contribution in [3.05, 3.63) is 16.6 Å². The predicted octanol–water partition coefficient (Wildman–Crippen LogP) is 1.65. The Morgan fingerprint density at radius 1 is 1.54 bits per heavy atom. The van der Waals surface area contributed by atoms with E-state index in [1.807, 2.05) is 13.7 Å². The van der Waals surface area contributed by atoms with Gasteiger partial charge in [0.05, 0.1) is 0 Å². The summed E-state index contributed by atoms with van der Waals surface area (Å²) in [7, 11) is 0. The zero-order valence-electron chi connectivity index (χ0n) is 7.42. The third-order valence-corrected chi connectivity index (χ3v) is 2.08. The third-order valence-electron chi connectivity index (χ3n) is 1.59. The molecular weight excluding hydrogens is 210 g/mol. The Labute approximate surface area is 87.5 Å². The predicted molar refractivity (Wildman–Crippen MR) is 54.9 cm³/mol. The molecule has 1 aromatic rings. The van der Waals surface area contributed by atoms with E-state index in [0.29, 0.717) is 11.8 Å². The number of aromatic nitrogens is 2. The average molecular weight is 219 g/mol. The minimum Gasteiger partial charge on any atom is -0.431 e. The van der Waals surface area contributed by atoms with Gasteiger partial charge in [-0.05, 0) is 18.5 Å². The highest BCUT2D eigenvalue weighted by molar-refractivity contribution is 6.68. The van der Waals surface area contributed by atoms with Gasteiger partial charge in [-0.3, -0.25) is 0 Å². The van der Waals surface area contributed by atoms with Crippen molar-refractivity contribution in [2.24, 2.45) is 0 Å². The van der Waals surface area contributed by atoms with Crippen LogP contribution in [0.2, 0.25) is 17.3 Å². The van der Waals surface area contributed by atoms with Gasteiger partial charge < -0.3 is 4.65 Å². The highest BCUT2D eigenvalue weighted by atomic mass is 35.5. The Kier molecular flexibility index (Phi) is 3.97. The molecule has 0 aliphatic carbocycles. The van der Waals surface area contributed by atoms with Crippen molar-refractivity contribution >= 4 is 35.6 Å². The van der Waals surface area contributed by atoms with Gasteiger partial charge in [0.15, 0.2) is 0 Å². The van der Waals surface area contributed by atoms with E-state index in [0.717, 1.165) is 5.46 Å². The molecule has 1 rings (SSSR count). The van der Waals surface area contributed by atoms with Crippen LogP contribution in [0, 0.1) is 0 Å². The molecule has 13 heavy (non-hydrogen) atoms. The summed E-state index contributed by atoms with van der Waals surface area (Å²) in [5.74, 6) is 0. The summed E-state index contributed by atoms with van der Waals surface area (Å²) < 4.78 is 5.34. The second kappa shape index (κ2) is 4.79. The quantitative estimate of drug-likeness (QED) is 0.440. The number of halogens is 2. The molecule has 0 saturated heterocycles. The van der Waals surface area contributed by atoms with Crippen LogP contribution in [0.15, 0.2) is 6.20 Å². The normalized spacial score (nSPS) is 10.2. The molecular formula is C7H9BCl2N2O. The molecule has 0 amide bonds. The zero-order valence-corrected chi connectivity index (χ0v) is 8.93. The fourth-order valence-electron chi connectivity index (χ4n) is 0.963. The second-order valence-electron chi connectivity index (χ2n) is 2.48. The Morgan fingerprint density at radius 2 is 2.23 bits per heavy atom. The molecule has 0 bridgehead atoms. The molecule has 0 unspecified atom stereocenters. The maximum atomic E-state index is 5.84. The number of rotatable bonds is 3. The Hall–Kier alpha value is -0.315. The molecule has 1 heterocycles. The van der Waals surface area contributed by atoms with Gasteiger partial charge in [0, 0.05) is 18.3 Å². The lowest BCUT2D eigenvalue weighted by Gasteiger charge is -2.08. The van der Waals surface area contributed by atoms with Gasteiger partial charge in [0.2, 0.25) is 5.28 Å². The van der Waals surface area contributed by atoms with Crippen molar-refractivity contribution in [1.82, 2.24) is 9.97 Å². The van der Waals surface area contributed by atoms with Gasteiger partial charge in [-0.1, -0.05) is 18.4 Å². The maximum Gasteiger partial charge on any atom is 0.328 e. The van der Waals surface area contributed by atoms with Crippen LogP contribution in [-0.2, 0) is 4.65 Å². The monoisotopic (exact) mass is 218 g/mol. The van der Waals surface area contributed by atoms with Gasteiger partial charge in [0.25, 0.3) is 0 Å². The standard InChI is InChI=1S/C7H9BCl2N2O/c1-3-13-8(2)5-4-11-7(10)12-6(5)9/h4H,3H2,1-2H3. The van der Waals surface area contributed by atoms with Gasteiger partial charge in [-0.25, -0.2) is 9.97 Å². The molecule has 0 radical (unpaired) electrons. The molecule has 0 atom stereocenters. The smallest absolute Gasteiger partial charge is 0.328 e. The highest BCUT2D eigenvalue weighted by Gasteiger charge is 2.16. The Balaban J connectivity index is 2.88. The van der Waals surface area contributed by atoms with E-state index in [4.69, 9.17) is 27.9 Å². The number of hydrogen-bond acceptors (Lipinski definition) is 3. The zero-order chi connectivity index (χ0) is 9.84. The first kappa shape index (κ1) is 10.8. The number of nitrogens with zero attached hydrogens (tertiary/aromatic N) is 2. The Bertz CT molecular complexity index is 298. The van der Waals surface area contributed by atoms with Crippen LogP contribution in [0.5, 0.6) is 0 Å². The summed E-state index contributed by atoms with van der Waals surface area (Å²) in [6, 6.07) is 0. The van der Waals surface area contributed by atoms with Crippen LogP contribution in [0.1, 0.15) is 6.92 Å². The van der Waals surface area contributed by atoms with Crippen LogP contribution in [0.25, 0.3) is 0 Å².